The van der Waals surface area contributed by atoms with Gasteiger partial charge in [0.2, 0.25) is 0 Å². The second kappa shape index (κ2) is 6.72. The summed E-state index contributed by atoms with van der Waals surface area (Å²) in [4.78, 5) is 25.0. The fourth-order valence-corrected chi connectivity index (χ4v) is 3.22. The van der Waals surface area contributed by atoms with E-state index in [4.69, 9.17) is 4.42 Å². The average Bonchev–Trinajstić information content (AvgIpc) is 3.17. The Balaban J connectivity index is 1.73. The molecule has 122 valence electrons. The van der Waals surface area contributed by atoms with Gasteiger partial charge in [0.05, 0.1) is 16.1 Å². The van der Waals surface area contributed by atoms with Crippen molar-refractivity contribution in [3.8, 4) is 0 Å². The first-order chi connectivity index (χ1) is 11.5. The molecule has 0 aliphatic rings. The summed E-state index contributed by atoms with van der Waals surface area (Å²) in [6, 6.07) is 12.6. The lowest BCUT2D eigenvalue weighted by Crippen LogP contribution is -2.11. The molecule has 0 bridgehead atoms. The molecule has 2 aromatic heterocycles. The van der Waals surface area contributed by atoms with Crippen molar-refractivity contribution < 1.29 is 14.0 Å². The lowest BCUT2D eigenvalue weighted by molar-refractivity contribution is 0.0995. The van der Waals surface area contributed by atoms with Gasteiger partial charge in [0.25, 0.3) is 11.8 Å². The van der Waals surface area contributed by atoms with Crippen LogP contribution in [0.4, 0.5) is 10.7 Å². The number of hydrogen-bond acceptors (Lipinski definition) is 4. The van der Waals surface area contributed by atoms with Crippen LogP contribution in [-0.4, -0.2) is 11.8 Å². The molecule has 0 saturated carbocycles. The van der Waals surface area contributed by atoms with E-state index in [1.54, 1.807) is 18.2 Å². The van der Waals surface area contributed by atoms with Crippen LogP contribution in [0.2, 0.25) is 0 Å². The highest BCUT2D eigenvalue weighted by Crippen LogP contribution is 2.28. The molecule has 0 aliphatic heterocycles. The van der Waals surface area contributed by atoms with Gasteiger partial charge in [0.1, 0.15) is 0 Å². The number of carbonyl (C=O) groups is 2. The van der Waals surface area contributed by atoms with E-state index in [1.807, 2.05) is 38.1 Å². The highest BCUT2D eigenvalue weighted by atomic mass is 32.1. The van der Waals surface area contributed by atoms with Gasteiger partial charge in [-0.05, 0) is 55.3 Å². The zero-order valence-corrected chi connectivity index (χ0v) is 14.1. The number of aryl methyl sites for hydroxylation is 2. The Morgan fingerprint density at radius 2 is 1.83 bits per heavy atom. The molecule has 0 radical (unpaired) electrons. The van der Waals surface area contributed by atoms with Gasteiger partial charge in [0.15, 0.2) is 5.76 Å². The highest BCUT2D eigenvalue weighted by molar-refractivity contribution is 7.18. The van der Waals surface area contributed by atoms with E-state index in [9.17, 15) is 9.59 Å². The number of furan rings is 1. The Labute approximate surface area is 143 Å². The average molecular weight is 340 g/mol. The number of anilines is 2. The molecular formula is C18H16N2O3S. The third kappa shape index (κ3) is 3.55. The predicted molar refractivity (Wildman–Crippen MR) is 94.8 cm³/mol. The molecule has 2 N–H and O–H groups in total. The largest absolute Gasteiger partial charge is 0.459 e. The Morgan fingerprint density at radius 1 is 1.00 bits per heavy atom. The summed E-state index contributed by atoms with van der Waals surface area (Å²) in [5.41, 5.74) is 2.62. The summed E-state index contributed by atoms with van der Waals surface area (Å²) < 4.78 is 5.06. The van der Waals surface area contributed by atoms with E-state index in [1.165, 1.54) is 17.6 Å². The minimum absolute atomic E-state index is 0.193. The van der Waals surface area contributed by atoms with Crippen LogP contribution in [-0.2, 0) is 0 Å². The maximum Gasteiger partial charge on any atom is 0.291 e. The van der Waals surface area contributed by atoms with Gasteiger partial charge in [-0.2, -0.15) is 0 Å². The van der Waals surface area contributed by atoms with Crippen molar-refractivity contribution >= 4 is 33.8 Å². The second-order valence-corrected chi connectivity index (χ2v) is 6.43. The second-order valence-electron chi connectivity index (χ2n) is 5.38. The molecule has 0 aliphatic carbocycles. The number of benzene rings is 1. The van der Waals surface area contributed by atoms with Crippen molar-refractivity contribution in [2.45, 2.75) is 13.8 Å². The minimum Gasteiger partial charge on any atom is -0.459 e. The number of carbonyl (C=O) groups excluding carboxylic acids is 2. The van der Waals surface area contributed by atoms with Crippen molar-refractivity contribution in [1.29, 1.82) is 0 Å². The molecule has 0 spiro atoms. The van der Waals surface area contributed by atoms with Crippen LogP contribution < -0.4 is 10.6 Å². The molecule has 2 amide bonds. The normalized spacial score (nSPS) is 10.4. The topological polar surface area (TPSA) is 71.3 Å². The number of hydrogen-bond donors (Lipinski definition) is 2. The van der Waals surface area contributed by atoms with Gasteiger partial charge in [-0.25, -0.2) is 0 Å². The van der Waals surface area contributed by atoms with E-state index in [-0.39, 0.29) is 17.6 Å². The van der Waals surface area contributed by atoms with Crippen LogP contribution >= 0.6 is 11.3 Å². The van der Waals surface area contributed by atoms with Crippen molar-refractivity contribution in [2.75, 3.05) is 10.6 Å². The molecule has 0 atom stereocenters. The summed E-state index contributed by atoms with van der Waals surface area (Å²) >= 11 is 1.23. The zero-order chi connectivity index (χ0) is 17.1. The van der Waals surface area contributed by atoms with Gasteiger partial charge < -0.3 is 15.1 Å². The maximum atomic E-state index is 12.4. The molecule has 3 aromatic rings. The smallest absolute Gasteiger partial charge is 0.291 e. The Hall–Kier alpha value is -2.86. The van der Waals surface area contributed by atoms with E-state index in [0.717, 1.165) is 16.8 Å². The van der Waals surface area contributed by atoms with Gasteiger partial charge in [0, 0.05) is 5.69 Å². The minimum atomic E-state index is -0.341. The molecule has 5 nitrogen and oxygen atoms in total. The molecule has 0 unspecified atom stereocenters. The van der Waals surface area contributed by atoms with Crippen molar-refractivity contribution in [2.24, 2.45) is 0 Å². The van der Waals surface area contributed by atoms with E-state index in [2.05, 4.69) is 10.6 Å². The molecular weight excluding hydrogens is 324 g/mol. The quantitative estimate of drug-likeness (QED) is 0.736. The first-order valence-corrected chi connectivity index (χ1v) is 8.18. The van der Waals surface area contributed by atoms with E-state index in [0.29, 0.717) is 9.88 Å². The summed E-state index contributed by atoms with van der Waals surface area (Å²) in [5.74, 6) is -0.305. The molecule has 0 fully saturated rings. The molecule has 3 rings (SSSR count). The predicted octanol–water partition coefficient (Wildman–Crippen LogP) is 4.46. The summed E-state index contributed by atoms with van der Waals surface area (Å²) in [7, 11) is 0. The molecule has 2 heterocycles. The fourth-order valence-electron chi connectivity index (χ4n) is 2.26. The maximum absolute atomic E-state index is 12.4. The number of rotatable bonds is 4. The molecule has 0 saturated heterocycles. The van der Waals surface area contributed by atoms with Crippen molar-refractivity contribution in [3.63, 3.8) is 0 Å². The third-order valence-electron chi connectivity index (χ3n) is 3.38. The van der Waals surface area contributed by atoms with Gasteiger partial charge in [-0.3, -0.25) is 9.59 Å². The summed E-state index contributed by atoms with van der Waals surface area (Å²) in [5, 5.41) is 6.21. The van der Waals surface area contributed by atoms with Crippen LogP contribution in [0.5, 0.6) is 0 Å². The SMILES string of the molecule is Cc1cccc(NC(=O)c2sc(NC(=O)c3ccco3)cc2C)c1. The fraction of sp³-hybridized carbons (Fsp3) is 0.111. The highest BCUT2D eigenvalue weighted by Gasteiger charge is 2.16. The first-order valence-electron chi connectivity index (χ1n) is 7.36. The molecule has 6 heteroatoms. The van der Waals surface area contributed by atoms with Gasteiger partial charge >= 0.3 is 0 Å². The number of thiophene rings is 1. The van der Waals surface area contributed by atoms with Crippen LogP contribution in [0.1, 0.15) is 31.4 Å². The van der Waals surface area contributed by atoms with Crippen LogP contribution in [0.25, 0.3) is 0 Å². The Bertz CT molecular complexity index is 882. The van der Waals surface area contributed by atoms with Crippen LogP contribution in [0.3, 0.4) is 0 Å². The standard InChI is InChI=1S/C18H16N2O3S/c1-11-5-3-6-13(9-11)19-18(22)16-12(2)10-15(24-16)20-17(21)14-7-4-8-23-14/h3-10H,1-2H3,(H,19,22)(H,20,21). The Kier molecular flexibility index (Phi) is 4.48. The van der Waals surface area contributed by atoms with Crippen LogP contribution in [0, 0.1) is 13.8 Å². The number of nitrogens with one attached hydrogen (secondary N) is 2. The number of amides is 2. The molecule has 1 aromatic carbocycles. The van der Waals surface area contributed by atoms with Crippen molar-refractivity contribution in [3.05, 3.63) is 70.5 Å². The lowest BCUT2D eigenvalue weighted by Gasteiger charge is -2.05. The Morgan fingerprint density at radius 3 is 2.54 bits per heavy atom. The van der Waals surface area contributed by atoms with Gasteiger partial charge in [-0.15, -0.1) is 11.3 Å². The molecule has 24 heavy (non-hydrogen) atoms. The summed E-state index contributed by atoms with van der Waals surface area (Å²) in [6.45, 7) is 3.80. The van der Waals surface area contributed by atoms with Crippen LogP contribution in [0.15, 0.2) is 53.1 Å². The monoisotopic (exact) mass is 340 g/mol. The zero-order valence-electron chi connectivity index (χ0n) is 13.3. The van der Waals surface area contributed by atoms with E-state index < -0.39 is 0 Å². The lowest BCUT2D eigenvalue weighted by atomic mass is 10.2. The third-order valence-corrected chi connectivity index (χ3v) is 4.53. The summed E-state index contributed by atoms with van der Waals surface area (Å²) in [6.07, 6.45) is 1.44. The van der Waals surface area contributed by atoms with E-state index >= 15 is 0 Å². The van der Waals surface area contributed by atoms with Crippen molar-refractivity contribution in [1.82, 2.24) is 0 Å². The van der Waals surface area contributed by atoms with Gasteiger partial charge in [-0.1, -0.05) is 12.1 Å². The first kappa shape index (κ1) is 16.0.